The SMILES string of the molecule is CN(CC(=O)Nc1ccnn1C1CCCC1)Cc1cnn(-c2ccccc2)c1. The van der Waals surface area contributed by atoms with Crippen LogP contribution >= 0.6 is 0 Å². The Kier molecular flexibility index (Phi) is 5.53. The van der Waals surface area contributed by atoms with Crippen LogP contribution in [0.15, 0.2) is 55.0 Å². The second-order valence-corrected chi connectivity index (χ2v) is 7.45. The third-order valence-corrected chi connectivity index (χ3v) is 5.13. The van der Waals surface area contributed by atoms with Crippen LogP contribution in [-0.4, -0.2) is 44.0 Å². The zero-order valence-corrected chi connectivity index (χ0v) is 16.2. The molecule has 4 rings (SSSR count). The van der Waals surface area contributed by atoms with Crippen molar-refractivity contribution < 1.29 is 4.79 Å². The summed E-state index contributed by atoms with van der Waals surface area (Å²) < 4.78 is 3.82. The zero-order chi connectivity index (χ0) is 19.3. The van der Waals surface area contributed by atoms with Crippen molar-refractivity contribution in [1.82, 2.24) is 24.5 Å². The Bertz CT molecular complexity index is 910. The summed E-state index contributed by atoms with van der Waals surface area (Å²) in [7, 11) is 1.94. The first-order valence-electron chi connectivity index (χ1n) is 9.80. The molecule has 0 spiro atoms. The van der Waals surface area contributed by atoms with Crippen LogP contribution in [0, 0.1) is 0 Å². The van der Waals surface area contributed by atoms with E-state index >= 15 is 0 Å². The van der Waals surface area contributed by atoms with Crippen LogP contribution in [0.1, 0.15) is 37.3 Å². The number of nitrogens with zero attached hydrogens (tertiary/aromatic N) is 5. The molecule has 1 aliphatic rings. The quantitative estimate of drug-likeness (QED) is 0.685. The number of carbonyl (C=O) groups excluding carboxylic acids is 1. The van der Waals surface area contributed by atoms with Crippen LogP contribution in [0.4, 0.5) is 5.82 Å². The minimum absolute atomic E-state index is 0.0299. The minimum atomic E-state index is -0.0299. The number of benzene rings is 1. The van der Waals surface area contributed by atoms with Gasteiger partial charge in [-0.15, -0.1) is 0 Å². The van der Waals surface area contributed by atoms with E-state index in [4.69, 9.17) is 0 Å². The number of carbonyl (C=O) groups is 1. The molecular weight excluding hydrogens is 352 g/mol. The van der Waals surface area contributed by atoms with E-state index in [0.29, 0.717) is 19.1 Å². The first-order chi connectivity index (χ1) is 13.7. The van der Waals surface area contributed by atoms with E-state index in [1.165, 1.54) is 12.8 Å². The molecule has 1 saturated carbocycles. The van der Waals surface area contributed by atoms with Gasteiger partial charge in [-0.25, -0.2) is 9.36 Å². The zero-order valence-electron chi connectivity index (χ0n) is 16.2. The fraction of sp³-hybridized carbons (Fsp3) is 0.381. The van der Waals surface area contributed by atoms with Crippen molar-refractivity contribution >= 4 is 11.7 Å². The Morgan fingerprint density at radius 1 is 1.18 bits per heavy atom. The molecule has 0 atom stereocenters. The molecule has 28 heavy (non-hydrogen) atoms. The number of likely N-dealkylation sites (N-methyl/N-ethyl adjacent to an activating group) is 1. The molecule has 2 aromatic heterocycles. The standard InChI is InChI=1S/C21H26N6O/c1-25(14-17-13-23-26(15-17)18-7-3-2-4-8-18)16-21(28)24-20-11-12-22-27(20)19-9-5-6-10-19/h2-4,7-8,11-13,15,19H,5-6,9-10,14,16H2,1H3,(H,24,28). The smallest absolute Gasteiger partial charge is 0.239 e. The van der Waals surface area contributed by atoms with Gasteiger partial charge in [-0.1, -0.05) is 31.0 Å². The minimum Gasteiger partial charge on any atom is -0.310 e. The molecule has 1 aromatic carbocycles. The van der Waals surface area contributed by atoms with Crippen LogP contribution in [-0.2, 0) is 11.3 Å². The largest absolute Gasteiger partial charge is 0.310 e. The van der Waals surface area contributed by atoms with E-state index in [1.54, 1.807) is 6.20 Å². The number of amides is 1. The molecular formula is C21H26N6O. The highest BCUT2D eigenvalue weighted by Gasteiger charge is 2.20. The molecule has 1 N–H and O–H groups in total. The summed E-state index contributed by atoms with van der Waals surface area (Å²) in [5.74, 6) is 0.764. The predicted octanol–water partition coefficient (Wildman–Crippen LogP) is 3.25. The highest BCUT2D eigenvalue weighted by Crippen LogP contribution is 2.31. The Morgan fingerprint density at radius 2 is 1.96 bits per heavy atom. The van der Waals surface area contributed by atoms with Gasteiger partial charge in [-0.2, -0.15) is 10.2 Å². The fourth-order valence-electron chi connectivity index (χ4n) is 3.81. The van der Waals surface area contributed by atoms with Crippen LogP contribution < -0.4 is 5.32 Å². The van der Waals surface area contributed by atoms with E-state index in [2.05, 4.69) is 15.5 Å². The van der Waals surface area contributed by atoms with Crippen LogP contribution in [0.2, 0.25) is 0 Å². The summed E-state index contributed by atoms with van der Waals surface area (Å²) in [5, 5.41) is 11.8. The molecule has 7 heteroatoms. The Hall–Kier alpha value is -2.93. The molecule has 2 heterocycles. The number of hydrogen-bond acceptors (Lipinski definition) is 4. The van der Waals surface area contributed by atoms with Crippen LogP contribution in [0.3, 0.4) is 0 Å². The lowest BCUT2D eigenvalue weighted by Crippen LogP contribution is -2.30. The van der Waals surface area contributed by atoms with Crippen LogP contribution in [0.5, 0.6) is 0 Å². The highest BCUT2D eigenvalue weighted by molar-refractivity contribution is 5.91. The van der Waals surface area contributed by atoms with Crippen molar-refractivity contribution in [3.05, 3.63) is 60.6 Å². The molecule has 0 unspecified atom stereocenters. The summed E-state index contributed by atoms with van der Waals surface area (Å²) in [6.45, 7) is 0.967. The third-order valence-electron chi connectivity index (χ3n) is 5.13. The molecule has 1 amide bonds. The van der Waals surface area contributed by atoms with Gasteiger partial charge in [-0.05, 0) is 32.0 Å². The summed E-state index contributed by atoms with van der Waals surface area (Å²) in [6.07, 6.45) is 10.3. The van der Waals surface area contributed by atoms with Gasteiger partial charge in [0.05, 0.1) is 30.7 Å². The summed E-state index contributed by atoms with van der Waals surface area (Å²) in [6, 6.07) is 12.3. The van der Waals surface area contributed by atoms with Crippen molar-refractivity contribution in [2.45, 2.75) is 38.3 Å². The summed E-state index contributed by atoms with van der Waals surface area (Å²) in [4.78, 5) is 14.5. The summed E-state index contributed by atoms with van der Waals surface area (Å²) >= 11 is 0. The van der Waals surface area contributed by atoms with Crippen molar-refractivity contribution in [2.75, 3.05) is 18.9 Å². The maximum atomic E-state index is 12.5. The van der Waals surface area contributed by atoms with Gasteiger partial charge in [-0.3, -0.25) is 9.69 Å². The van der Waals surface area contributed by atoms with E-state index < -0.39 is 0 Å². The van der Waals surface area contributed by atoms with Gasteiger partial charge < -0.3 is 5.32 Å². The number of nitrogens with one attached hydrogen (secondary N) is 1. The first kappa shape index (κ1) is 18.4. The van der Waals surface area contributed by atoms with E-state index in [-0.39, 0.29) is 5.91 Å². The molecule has 0 saturated heterocycles. The monoisotopic (exact) mass is 378 g/mol. The van der Waals surface area contributed by atoms with Gasteiger partial charge >= 0.3 is 0 Å². The molecule has 0 radical (unpaired) electrons. The second kappa shape index (κ2) is 8.39. The Morgan fingerprint density at radius 3 is 2.75 bits per heavy atom. The number of anilines is 1. The molecule has 1 fully saturated rings. The van der Waals surface area contributed by atoms with Gasteiger partial charge in [0.15, 0.2) is 0 Å². The Labute approximate surface area is 165 Å². The topological polar surface area (TPSA) is 68.0 Å². The van der Waals surface area contributed by atoms with Crippen molar-refractivity contribution in [3.63, 3.8) is 0 Å². The average molecular weight is 378 g/mol. The summed E-state index contributed by atoms with van der Waals surface area (Å²) in [5.41, 5.74) is 2.09. The highest BCUT2D eigenvalue weighted by atomic mass is 16.2. The first-order valence-corrected chi connectivity index (χ1v) is 9.80. The van der Waals surface area contributed by atoms with E-state index in [9.17, 15) is 4.79 Å². The third kappa shape index (κ3) is 4.31. The van der Waals surface area contributed by atoms with Gasteiger partial charge in [0.25, 0.3) is 0 Å². The second-order valence-electron chi connectivity index (χ2n) is 7.45. The molecule has 0 aliphatic heterocycles. The number of rotatable bonds is 7. The number of aromatic nitrogens is 4. The lowest BCUT2D eigenvalue weighted by molar-refractivity contribution is -0.117. The predicted molar refractivity (Wildman–Crippen MR) is 108 cm³/mol. The maximum absolute atomic E-state index is 12.5. The van der Waals surface area contributed by atoms with Gasteiger partial charge in [0.1, 0.15) is 5.82 Å². The van der Waals surface area contributed by atoms with Crippen LogP contribution in [0.25, 0.3) is 5.69 Å². The van der Waals surface area contributed by atoms with Crippen molar-refractivity contribution in [1.29, 1.82) is 0 Å². The molecule has 3 aromatic rings. The van der Waals surface area contributed by atoms with Gasteiger partial charge in [0.2, 0.25) is 5.91 Å². The lowest BCUT2D eigenvalue weighted by atomic mass is 10.2. The average Bonchev–Trinajstić information content (AvgIpc) is 3.43. The molecule has 1 aliphatic carbocycles. The number of para-hydroxylation sites is 1. The normalized spacial score (nSPS) is 14.6. The lowest BCUT2D eigenvalue weighted by Gasteiger charge is -2.17. The molecule has 0 bridgehead atoms. The van der Waals surface area contributed by atoms with E-state index in [1.807, 2.05) is 70.1 Å². The van der Waals surface area contributed by atoms with Crippen molar-refractivity contribution in [3.8, 4) is 5.69 Å². The van der Waals surface area contributed by atoms with E-state index in [0.717, 1.165) is 29.9 Å². The molecule has 146 valence electrons. The maximum Gasteiger partial charge on any atom is 0.239 e. The Balaban J connectivity index is 1.32. The molecule has 7 nitrogen and oxygen atoms in total. The van der Waals surface area contributed by atoms with Gasteiger partial charge in [0, 0.05) is 24.4 Å². The number of hydrogen-bond donors (Lipinski definition) is 1. The van der Waals surface area contributed by atoms with Crippen molar-refractivity contribution in [2.24, 2.45) is 0 Å². The fourth-order valence-corrected chi connectivity index (χ4v) is 3.81.